The minimum Gasteiger partial charge on any atom is -0.311 e. The highest BCUT2D eigenvalue weighted by Crippen LogP contribution is 2.22. The van der Waals surface area contributed by atoms with Crippen LogP contribution in [0.3, 0.4) is 0 Å². The van der Waals surface area contributed by atoms with Gasteiger partial charge in [-0.3, -0.25) is 4.79 Å². The van der Waals surface area contributed by atoms with Gasteiger partial charge in [-0.1, -0.05) is 18.2 Å². The third kappa shape index (κ3) is 2.63. The molecule has 0 aromatic heterocycles. The number of hydrogen-bond acceptors (Lipinski definition) is 3. The summed E-state index contributed by atoms with van der Waals surface area (Å²) in [6.45, 7) is 1.70. The fraction of sp³-hybridized carbons (Fsp3) is 0.385. The predicted octanol–water partition coefficient (Wildman–Crippen LogP) is 1.43. The summed E-state index contributed by atoms with van der Waals surface area (Å²) in [6.07, 6.45) is 1.20. The van der Waals surface area contributed by atoms with Crippen molar-refractivity contribution >= 4 is 11.6 Å². The van der Waals surface area contributed by atoms with Crippen molar-refractivity contribution in [1.29, 1.82) is 5.26 Å². The third-order valence-corrected chi connectivity index (χ3v) is 2.85. The Bertz CT molecular complexity index is 450. The first-order valence-electron chi connectivity index (χ1n) is 5.79. The van der Waals surface area contributed by atoms with Gasteiger partial charge >= 0.3 is 0 Å². The summed E-state index contributed by atoms with van der Waals surface area (Å²) in [7, 11) is 0. The van der Waals surface area contributed by atoms with Crippen LogP contribution in [-0.2, 0) is 11.3 Å². The smallest absolute Gasteiger partial charge is 0.240 e. The topological polar surface area (TPSA) is 56.1 Å². The van der Waals surface area contributed by atoms with Crippen molar-refractivity contribution in [3.63, 3.8) is 0 Å². The quantitative estimate of drug-likeness (QED) is 0.798. The molecule has 0 saturated carbocycles. The van der Waals surface area contributed by atoms with Crippen molar-refractivity contribution in [3.8, 4) is 6.07 Å². The number of benzene rings is 1. The van der Waals surface area contributed by atoms with Crippen LogP contribution in [0.4, 0.5) is 5.69 Å². The first-order chi connectivity index (χ1) is 8.33. The molecular formula is C13H15N3O. The van der Waals surface area contributed by atoms with Crippen LogP contribution in [0.15, 0.2) is 24.3 Å². The summed E-state index contributed by atoms with van der Waals surface area (Å²) in [4.78, 5) is 13.7. The predicted molar refractivity (Wildman–Crippen MR) is 65.3 cm³/mol. The molecule has 0 bridgehead atoms. The largest absolute Gasteiger partial charge is 0.311 e. The first-order valence-corrected chi connectivity index (χ1v) is 5.79. The molecule has 17 heavy (non-hydrogen) atoms. The SMILES string of the molecule is N#CCCCN1C(=O)CNCc2ccccc21. The molecule has 0 unspecified atom stereocenters. The highest BCUT2D eigenvalue weighted by Gasteiger charge is 2.20. The standard InChI is InChI=1S/C13H15N3O/c14-7-3-4-8-16-12-6-2-1-5-11(12)9-15-10-13(16)17/h1-2,5-6,15H,3-4,8-10H2. The fourth-order valence-electron chi connectivity index (χ4n) is 2.02. The molecule has 1 heterocycles. The number of nitriles is 1. The van der Waals surface area contributed by atoms with Crippen LogP contribution >= 0.6 is 0 Å². The number of carbonyl (C=O) groups is 1. The maximum atomic E-state index is 12.0. The first kappa shape index (κ1) is 11.6. The van der Waals surface area contributed by atoms with E-state index in [4.69, 9.17) is 5.26 Å². The number of nitrogens with zero attached hydrogens (tertiary/aromatic N) is 2. The van der Waals surface area contributed by atoms with Gasteiger partial charge in [-0.05, 0) is 18.1 Å². The molecule has 1 aliphatic heterocycles. The van der Waals surface area contributed by atoms with Gasteiger partial charge in [-0.15, -0.1) is 0 Å². The molecule has 0 fully saturated rings. The van der Waals surface area contributed by atoms with Gasteiger partial charge in [0.05, 0.1) is 12.6 Å². The van der Waals surface area contributed by atoms with Gasteiger partial charge in [0.25, 0.3) is 0 Å². The van der Waals surface area contributed by atoms with Crippen molar-refractivity contribution < 1.29 is 4.79 Å². The average Bonchev–Trinajstić information content (AvgIpc) is 2.50. The van der Waals surface area contributed by atoms with E-state index in [1.165, 1.54) is 0 Å². The summed E-state index contributed by atoms with van der Waals surface area (Å²) >= 11 is 0. The van der Waals surface area contributed by atoms with Gasteiger partial charge in [-0.25, -0.2) is 0 Å². The van der Waals surface area contributed by atoms with E-state index in [-0.39, 0.29) is 5.91 Å². The van der Waals surface area contributed by atoms with Crippen molar-refractivity contribution in [3.05, 3.63) is 29.8 Å². The van der Waals surface area contributed by atoms with E-state index in [2.05, 4.69) is 11.4 Å². The number of para-hydroxylation sites is 1. The van der Waals surface area contributed by atoms with Crippen molar-refractivity contribution in [1.82, 2.24) is 5.32 Å². The number of hydrogen-bond donors (Lipinski definition) is 1. The van der Waals surface area contributed by atoms with E-state index in [0.29, 0.717) is 19.5 Å². The maximum Gasteiger partial charge on any atom is 0.240 e. The molecule has 0 radical (unpaired) electrons. The molecule has 4 nitrogen and oxygen atoms in total. The lowest BCUT2D eigenvalue weighted by Gasteiger charge is -2.22. The summed E-state index contributed by atoms with van der Waals surface area (Å²) < 4.78 is 0. The minimum absolute atomic E-state index is 0.0767. The number of unbranched alkanes of at least 4 members (excludes halogenated alkanes) is 1. The van der Waals surface area contributed by atoms with Gasteiger partial charge in [0, 0.05) is 25.2 Å². The molecule has 88 valence electrons. The molecule has 1 aromatic rings. The average molecular weight is 229 g/mol. The second-order valence-corrected chi connectivity index (χ2v) is 4.04. The summed E-state index contributed by atoms with van der Waals surface area (Å²) in [5.74, 6) is 0.0767. The van der Waals surface area contributed by atoms with Crippen molar-refractivity contribution in [2.45, 2.75) is 19.4 Å². The van der Waals surface area contributed by atoms with E-state index < -0.39 is 0 Å². The molecule has 0 aliphatic carbocycles. The summed E-state index contributed by atoms with van der Waals surface area (Å²) in [6, 6.07) is 10.0. The van der Waals surface area contributed by atoms with Crippen LogP contribution in [0.25, 0.3) is 0 Å². The molecule has 0 saturated heterocycles. The second-order valence-electron chi connectivity index (χ2n) is 4.04. The van der Waals surface area contributed by atoms with Crippen LogP contribution in [0.5, 0.6) is 0 Å². The van der Waals surface area contributed by atoms with Crippen LogP contribution in [-0.4, -0.2) is 19.0 Å². The Morgan fingerprint density at radius 3 is 3.00 bits per heavy atom. The second kappa shape index (κ2) is 5.46. The third-order valence-electron chi connectivity index (χ3n) is 2.85. The Morgan fingerprint density at radius 2 is 2.18 bits per heavy atom. The zero-order valence-electron chi connectivity index (χ0n) is 9.65. The number of nitrogens with one attached hydrogen (secondary N) is 1. The summed E-state index contributed by atoms with van der Waals surface area (Å²) in [5, 5.41) is 11.7. The molecule has 2 rings (SSSR count). The molecular weight excluding hydrogens is 214 g/mol. The molecule has 1 aromatic carbocycles. The zero-order chi connectivity index (χ0) is 12.1. The number of carbonyl (C=O) groups excluding carboxylic acids is 1. The molecule has 0 spiro atoms. The van der Waals surface area contributed by atoms with Gasteiger partial charge in [-0.2, -0.15) is 5.26 Å². The van der Waals surface area contributed by atoms with Gasteiger partial charge in [0.1, 0.15) is 0 Å². The maximum absolute atomic E-state index is 12.0. The molecule has 1 aliphatic rings. The van der Waals surface area contributed by atoms with Crippen molar-refractivity contribution in [2.75, 3.05) is 18.0 Å². The van der Waals surface area contributed by atoms with Crippen LogP contribution < -0.4 is 10.2 Å². The van der Waals surface area contributed by atoms with Crippen molar-refractivity contribution in [2.24, 2.45) is 0 Å². The highest BCUT2D eigenvalue weighted by molar-refractivity contribution is 5.96. The lowest BCUT2D eigenvalue weighted by atomic mass is 10.1. The van der Waals surface area contributed by atoms with E-state index in [9.17, 15) is 4.79 Å². The number of fused-ring (bicyclic) bond motifs is 1. The van der Waals surface area contributed by atoms with E-state index in [1.54, 1.807) is 4.90 Å². The Balaban J connectivity index is 2.21. The van der Waals surface area contributed by atoms with Gasteiger partial charge in [0.2, 0.25) is 5.91 Å². The van der Waals surface area contributed by atoms with Crippen LogP contribution in [0, 0.1) is 11.3 Å². The molecule has 4 heteroatoms. The zero-order valence-corrected chi connectivity index (χ0v) is 9.65. The Kier molecular flexibility index (Phi) is 3.73. The number of anilines is 1. The van der Waals surface area contributed by atoms with Crippen LogP contribution in [0.2, 0.25) is 0 Å². The molecule has 1 amide bonds. The van der Waals surface area contributed by atoms with Crippen LogP contribution in [0.1, 0.15) is 18.4 Å². The van der Waals surface area contributed by atoms with E-state index in [0.717, 1.165) is 24.2 Å². The van der Waals surface area contributed by atoms with Gasteiger partial charge < -0.3 is 10.2 Å². The number of amides is 1. The van der Waals surface area contributed by atoms with E-state index >= 15 is 0 Å². The highest BCUT2D eigenvalue weighted by atomic mass is 16.2. The minimum atomic E-state index is 0.0767. The Morgan fingerprint density at radius 1 is 1.35 bits per heavy atom. The summed E-state index contributed by atoms with van der Waals surface area (Å²) in [5.41, 5.74) is 2.11. The molecule has 1 N–H and O–H groups in total. The monoisotopic (exact) mass is 229 g/mol. The Labute approximate surface area is 101 Å². The normalized spacial score (nSPS) is 15.0. The van der Waals surface area contributed by atoms with E-state index in [1.807, 2.05) is 24.3 Å². The lowest BCUT2D eigenvalue weighted by Crippen LogP contribution is -2.36. The Hall–Kier alpha value is -1.86. The lowest BCUT2D eigenvalue weighted by molar-refractivity contribution is -0.117. The fourth-order valence-corrected chi connectivity index (χ4v) is 2.02. The van der Waals surface area contributed by atoms with Gasteiger partial charge in [0.15, 0.2) is 0 Å². The molecule has 0 atom stereocenters. The number of rotatable bonds is 3.